The fourth-order valence-electron chi connectivity index (χ4n) is 2.07. The number of amidine groups is 1. The van der Waals surface area contributed by atoms with E-state index in [2.05, 4.69) is 4.99 Å². The zero-order valence-corrected chi connectivity index (χ0v) is 11.6. The predicted molar refractivity (Wildman–Crippen MR) is 72.5 cm³/mol. The third kappa shape index (κ3) is 1.99. The number of ether oxygens (including phenoxy) is 1. The van der Waals surface area contributed by atoms with E-state index in [1.54, 1.807) is 13.0 Å². The molecular formula is C12H10ClFN2O2S. The summed E-state index contributed by atoms with van der Waals surface area (Å²) >= 11 is 7.21. The zero-order valence-electron chi connectivity index (χ0n) is 10.0. The molecule has 0 aliphatic carbocycles. The van der Waals surface area contributed by atoms with Crippen LogP contribution in [-0.2, 0) is 9.53 Å². The largest absolute Gasteiger partial charge is 0.464 e. The summed E-state index contributed by atoms with van der Waals surface area (Å²) in [5.74, 6) is -0.781. The molecule has 4 nitrogen and oxygen atoms in total. The maximum Gasteiger partial charge on any atom is 0.332 e. The molecule has 1 aromatic carbocycles. The Morgan fingerprint density at radius 1 is 1.68 bits per heavy atom. The van der Waals surface area contributed by atoms with Gasteiger partial charge < -0.3 is 9.64 Å². The lowest BCUT2D eigenvalue weighted by Gasteiger charge is -2.14. The topological polar surface area (TPSA) is 41.9 Å². The Morgan fingerprint density at radius 3 is 3.21 bits per heavy atom. The Labute approximate surface area is 118 Å². The predicted octanol–water partition coefficient (Wildman–Crippen LogP) is 2.69. The summed E-state index contributed by atoms with van der Waals surface area (Å²) in [5.41, 5.74) is 0.793. The van der Waals surface area contributed by atoms with E-state index >= 15 is 0 Å². The summed E-state index contributed by atoms with van der Waals surface area (Å²) in [6.45, 7) is 2.50. The van der Waals surface area contributed by atoms with Crippen molar-refractivity contribution < 1.29 is 13.9 Å². The van der Waals surface area contributed by atoms with Gasteiger partial charge >= 0.3 is 5.97 Å². The van der Waals surface area contributed by atoms with Crippen molar-refractivity contribution in [3.05, 3.63) is 23.0 Å². The molecule has 7 heteroatoms. The molecule has 0 saturated heterocycles. The highest BCUT2D eigenvalue weighted by Crippen LogP contribution is 2.47. The smallest absolute Gasteiger partial charge is 0.332 e. The van der Waals surface area contributed by atoms with Crippen molar-refractivity contribution in [2.75, 3.05) is 18.1 Å². The third-order valence-electron chi connectivity index (χ3n) is 2.92. The van der Waals surface area contributed by atoms with Crippen LogP contribution in [0.15, 0.2) is 22.0 Å². The van der Waals surface area contributed by atoms with Crippen LogP contribution < -0.4 is 4.90 Å². The number of hydrogen-bond acceptors (Lipinski definition) is 5. The van der Waals surface area contributed by atoms with Gasteiger partial charge in [-0.1, -0.05) is 11.6 Å². The van der Waals surface area contributed by atoms with E-state index in [1.165, 1.54) is 17.8 Å². The normalized spacial score (nSPS) is 20.1. The van der Waals surface area contributed by atoms with Gasteiger partial charge in [-0.15, -0.1) is 0 Å². The lowest BCUT2D eigenvalue weighted by atomic mass is 10.2. The van der Waals surface area contributed by atoms with Crippen molar-refractivity contribution in [1.82, 2.24) is 0 Å². The number of nitrogens with zero attached hydrogens (tertiary/aromatic N) is 2. The van der Waals surface area contributed by atoms with Crippen molar-refractivity contribution in [3.63, 3.8) is 0 Å². The van der Waals surface area contributed by atoms with Gasteiger partial charge in [0.25, 0.3) is 0 Å². The van der Waals surface area contributed by atoms with E-state index in [9.17, 15) is 9.18 Å². The summed E-state index contributed by atoms with van der Waals surface area (Å²) < 4.78 is 18.3. The van der Waals surface area contributed by atoms with Gasteiger partial charge in [0.05, 0.1) is 28.8 Å². The molecule has 100 valence electrons. The molecular weight excluding hydrogens is 291 g/mol. The quantitative estimate of drug-likeness (QED) is 0.788. The van der Waals surface area contributed by atoms with Gasteiger partial charge in [-0.25, -0.2) is 14.2 Å². The van der Waals surface area contributed by atoms with E-state index in [1.807, 2.05) is 4.90 Å². The number of halogens is 2. The number of fused-ring (bicyclic) bond motifs is 3. The first-order valence-electron chi connectivity index (χ1n) is 5.79. The van der Waals surface area contributed by atoms with Crippen LogP contribution in [0, 0.1) is 5.82 Å². The summed E-state index contributed by atoms with van der Waals surface area (Å²) in [6, 6.07) is 2.46. The molecule has 0 radical (unpaired) electrons. The fourth-order valence-corrected chi connectivity index (χ4v) is 3.46. The molecule has 19 heavy (non-hydrogen) atoms. The Balaban J connectivity index is 1.89. The van der Waals surface area contributed by atoms with Gasteiger partial charge in [0.2, 0.25) is 0 Å². The molecule has 0 bridgehead atoms. The number of benzene rings is 1. The third-order valence-corrected chi connectivity index (χ3v) is 4.53. The van der Waals surface area contributed by atoms with E-state index < -0.39 is 11.9 Å². The lowest BCUT2D eigenvalue weighted by molar-refractivity contribution is -0.144. The maximum absolute atomic E-state index is 13.4. The second kappa shape index (κ2) is 4.68. The number of thioether (sulfide) groups is 1. The van der Waals surface area contributed by atoms with E-state index in [0.29, 0.717) is 23.2 Å². The first kappa shape index (κ1) is 12.7. The molecule has 0 aromatic heterocycles. The highest BCUT2D eigenvalue weighted by Gasteiger charge is 2.39. The van der Waals surface area contributed by atoms with Crippen LogP contribution in [0.1, 0.15) is 6.92 Å². The van der Waals surface area contributed by atoms with Gasteiger partial charge in [-0.2, -0.15) is 0 Å². The summed E-state index contributed by atoms with van der Waals surface area (Å²) in [6.07, 6.45) is 0. The average Bonchev–Trinajstić information content (AvgIpc) is 2.92. The molecule has 2 heterocycles. The van der Waals surface area contributed by atoms with Gasteiger partial charge in [0, 0.05) is 0 Å². The molecule has 0 N–H and O–H groups in total. The number of hydrogen-bond donors (Lipinski definition) is 0. The van der Waals surface area contributed by atoms with Crippen LogP contribution >= 0.6 is 23.4 Å². The number of aliphatic imine (C=N–C) groups is 1. The zero-order chi connectivity index (χ0) is 13.6. The maximum atomic E-state index is 13.4. The monoisotopic (exact) mass is 300 g/mol. The molecule has 2 aliphatic rings. The Hall–Kier alpha value is -1.27. The molecule has 0 spiro atoms. The minimum absolute atomic E-state index is 0.104. The lowest BCUT2D eigenvalue weighted by Crippen LogP contribution is -2.30. The first-order chi connectivity index (χ1) is 9.11. The van der Waals surface area contributed by atoms with Gasteiger partial charge in [-0.3, -0.25) is 0 Å². The Morgan fingerprint density at radius 2 is 2.47 bits per heavy atom. The van der Waals surface area contributed by atoms with Crippen LogP contribution in [0.4, 0.5) is 10.1 Å². The summed E-state index contributed by atoms with van der Waals surface area (Å²) in [4.78, 5) is 18.5. The highest BCUT2D eigenvalue weighted by molar-refractivity contribution is 8.15. The Kier molecular flexibility index (Phi) is 3.14. The minimum Gasteiger partial charge on any atom is -0.464 e. The van der Waals surface area contributed by atoms with Gasteiger partial charge in [-0.05, 0) is 30.8 Å². The number of anilines is 1. The van der Waals surface area contributed by atoms with Crippen LogP contribution in [0.25, 0.3) is 0 Å². The van der Waals surface area contributed by atoms with E-state index in [4.69, 9.17) is 16.3 Å². The first-order valence-corrected chi connectivity index (χ1v) is 6.99. The number of carbonyl (C=O) groups is 1. The van der Waals surface area contributed by atoms with E-state index in [0.717, 1.165) is 5.69 Å². The van der Waals surface area contributed by atoms with Crippen LogP contribution in [0.3, 0.4) is 0 Å². The second-order valence-corrected chi connectivity index (χ2v) is 5.46. The Bertz CT molecular complexity index is 593. The molecule has 2 aliphatic heterocycles. The molecule has 1 aromatic rings. The molecule has 0 unspecified atom stereocenters. The van der Waals surface area contributed by atoms with Crippen LogP contribution in [-0.4, -0.2) is 30.3 Å². The summed E-state index contributed by atoms with van der Waals surface area (Å²) in [7, 11) is 0. The second-order valence-electron chi connectivity index (χ2n) is 4.10. The van der Waals surface area contributed by atoms with Gasteiger partial charge in [0.15, 0.2) is 11.2 Å². The van der Waals surface area contributed by atoms with Crippen molar-refractivity contribution in [2.24, 2.45) is 4.99 Å². The number of rotatable bonds is 2. The van der Waals surface area contributed by atoms with Crippen molar-refractivity contribution >= 4 is 40.2 Å². The molecule has 0 amide bonds. The molecule has 3 rings (SSSR count). The van der Waals surface area contributed by atoms with Crippen molar-refractivity contribution in [1.29, 1.82) is 0 Å². The van der Waals surface area contributed by atoms with Crippen LogP contribution in [0.2, 0.25) is 5.02 Å². The van der Waals surface area contributed by atoms with Crippen LogP contribution in [0.5, 0.6) is 0 Å². The van der Waals surface area contributed by atoms with Crippen molar-refractivity contribution in [3.8, 4) is 0 Å². The standard InChI is InChI=1S/C12H10ClFN2O2S/c1-2-18-11(17)7-5-16-8-4-3-6(14)9(13)10(8)19-12(16)15-7/h3-4,7H,2,5H2,1H3/t7-/m1/s1. The average molecular weight is 301 g/mol. The van der Waals surface area contributed by atoms with Gasteiger partial charge in [0.1, 0.15) is 5.82 Å². The highest BCUT2D eigenvalue weighted by atomic mass is 35.5. The number of esters is 1. The SMILES string of the molecule is CCOC(=O)[C@H]1CN2C(=N1)Sc1c2ccc(F)c1Cl. The molecule has 1 atom stereocenters. The fraction of sp³-hybridized carbons (Fsp3) is 0.333. The summed E-state index contributed by atoms with van der Waals surface area (Å²) in [5, 5.41) is 0.771. The minimum atomic E-state index is -0.514. The molecule has 0 fully saturated rings. The van der Waals surface area contributed by atoms with Crippen molar-refractivity contribution in [2.45, 2.75) is 17.9 Å². The number of carbonyl (C=O) groups excluding carboxylic acids is 1. The molecule has 0 saturated carbocycles. The van der Waals surface area contributed by atoms with E-state index in [-0.39, 0.29) is 11.0 Å².